The Balaban J connectivity index is 1.66. The largest absolute Gasteiger partial charge is 0.457 e. The van der Waals surface area contributed by atoms with Gasteiger partial charge >= 0.3 is 5.97 Å². The molecule has 0 spiro atoms. The lowest BCUT2D eigenvalue weighted by Crippen LogP contribution is -2.61. The highest BCUT2D eigenvalue weighted by atomic mass is 16.7. The van der Waals surface area contributed by atoms with Crippen LogP contribution >= 0.6 is 0 Å². The molecule has 430 valence electrons. The molecule has 0 aromatic heterocycles. The molecule has 73 heavy (non-hydrogen) atoms. The summed E-state index contributed by atoms with van der Waals surface area (Å²) >= 11 is 0. The number of ether oxygens (including phenoxy) is 6. The number of aliphatic hydroxyl groups is 7. The number of esters is 1. The maximum absolute atomic E-state index is 13.0. The van der Waals surface area contributed by atoms with E-state index < -0.39 is 80.7 Å². The first-order valence-electron chi connectivity index (χ1n) is 29.9. The van der Waals surface area contributed by atoms with Crippen molar-refractivity contribution < 1.29 is 69.0 Å². The molecule has 7 N–H and O–H groups in total. The molecule has 2 aliphatic heterocycles. The molecule has 2 heterocycles. The van der Waals surface area contributed by atoms with Crippen molar-refractivity contribution in [2.75, 3.05) is 33.0 Å². The van der Waals surface area contributed by atoms with Gasteiger partial charge in [-0.3, -0.25) is 4.79 Å². The van der Waals surface area contributed by atoms with Gasteiger partial charge in [0.15, 0.2) is 12.6 Å². The fourth-order valence-corrected chi connectivity index (χ4v) is 9.60. The minimum atomic E-state index is -1.71. The van der Waals surface area contributed by atoms with Crippen LogP contribution < -0.4 is 0 Å². The third kappa shape index (κ3) is 33.4. The Labute approximate surface area is 443 Å². The highest BCUT2D eigenvalue weighted by Gasteiger charge is 2.47. The summed E-state index contributed by atoms with van der Waals surface area (Å²) in [6.45, 7) is 3.68. The van der Waals surface area contributed by atoms with E-state index in [1.807, 2.05) is 0 Å². The number of carbonyl (C=O) groups excluding carboxylic acids is 1. The SMILES string of the molecule is CCCC/C=C\C/C=C\CCCCCCCC(=O)OC(COCCCCCCCCCCCCCCCCCCCCCCCCCCC)COC1OC(COC2OC(CO)C(O)C(O)C2O)C(O)C(O)C1O. The van der Waals surface area contributed by atoms with Gasteiger partial charge in [0.05, 0.1) is 26.4 Å². The molecule has 2 fully saturated rings. The van der Waals surface area contributed by atoms with Crippen molar-refractivity contribution in [2.24, 2.45) is 0 Å². The lowest BCUT2D eigenvalue weighted by atomic mass is 9.98. The lowest BCUT2D eigenvalue weighted by molar-refractivity contribution is -0.332. The summed E-state index contributed by atoms with van der Waals surface area (Å²) in [5, 5.41) is 72.3. The second kappa shape index (κ2) is 46.6. The molecule has 0 aromatic carbocycles. The molecular weight excluding hydrogens is 933 g/mol. The van der Waals surface area contributed by atoms with E-state index in [1.54, 1.807) is 0 Å². The average molecular weight is 1040 g/mol. The van der Waals surface area contributed by atoms with Crippen LogP contribution in [0.15, 0.2) is 24.3 Å². The summed E-state index contributed by atoms with van der Waals surface area (Å²) in [5.74, 6) is -0.386. The van der Waals surface area contributed by atoms with E-state index in [0.717, 1.165) is 64.2 Å². The third-order valence-electron chi connectivity index (χ3n) is 14.5. The van der Waals surface area contributed by atoms with Gasteiger partial charge < -0.3 is 64.2 Å². The molecule has 2 rings (SSSR count). The summed E-state index contributed by atoms with van der Waals surface area (Å²) in [5.41, 5.74) is 0. The topological polar surface area (TPSA) is 214 Å². The second-order valence-corrected chi connectivity index (χ2v) is 21.2. The number of unbranched alkanes of at least 4 members (excludes halogenated alkanes) is 31. The Hall–Kier alpha value is -1.53. The second-order valence-electron chi connectivity index (χ2n) is 21.2. The number of hydrogen-bond donors (Lipinski definition) is 7. The van der Waals surface area contributed by atoms with Gasteiger partial charge in [0, 0.05) is 13.0 Å². The number of carbonyl (C=O) groups is 1. The van der Waals surface area contributed by atoms with Crippen molar-refractivity contribution in [2.45, 2.75) is 313 Å². The van der Waals surface area contributed by atoms with Crippen molar-refractivity contribution in [3.05, 3.63) is 24.3 Å². The lowest BCUT2D eigenvalue weighted by Gasteiger charge is -2.42. The van der Waals surface area contributed by atoms with Gasteiger partial charge in [0.2, 0.25) is 0 Å². The molecule has 11 atom stereocenters. The molecule has 0 radical (unpaired) electrons. The first kappa shape index (κ1) is 67.6. The molecule has 14 nitrogen and oxygen atoms in total. The molecule has 11 unspecified atom stereocenters. The number of allylic oxidation sites excluding steroid dienone is 4. The molecule has 0 saturated carbocycles. The van der Waals surface area contributed by atoms with Crippen LogP contribution in [0.25, 0.3) is 0 Å². The van der Waals surface area contributed by atoms with Crippen molar-refractivity contribution in [3.63, 3.8) is 0 Å². The van der Waals surface area contributed by atoms with Gasteiger partial charge in [-0.25, -0.2) is 0 Å². The van der Waals surface area contributed by atoms with Crippen LogP contribution in [-0.4, -0.2) is 142 Å². The van der Waals surface area contributed by atoms with Gasteiger partial charge in [-0.1, -0.05) is 224 Å². The van der Waals surface area contributed by atoms with E-state index in [-0.39, 0.29) is 25.6 Å². The summed E-state index contributed by atoms with van der Waals surface area (Å²) < 4.78 is 34.4. The quantitative estimate of drug-likeness (QED) is 0.0172. The number of rotatable bonds is 49. The van der Waals surface area contributed by atoms with Crippen LogP contribution in [-0.2, 0) is 33.2 Å². The minimum absolute atomic E-state index is 0.0603. The molecule has 0 aliphatic carbocycles. The van der Waals surface area contributed by atoms with E-state index in [4.69, 9.17) is 28.4 Å². The van der Waals surface area contributed by atoms with Gasteiger partial charge in [-0.15, -0.1) is 0 Å². The highest BCUT2D eigenvalue weighted by Crippen LogP contribution is 2.27. The van der Waals surface area contributed by atoms with E-state index in [9.17, 15) is 40.5 Å². The molecule has 0 amide bonds. The van der Waals surface area contributed by atoms with E-state index in [0.29, 0.717) is 13.0 Å². The summed E-state index contributed by atoms with van der Waals surface area (Å²) in [4.78, 5) is 13.0. The van der Waals surface area contributed by atoms with E-state index in [2.05, 4.69) is 38.2 Å². The summed E-state index contributed by atoms with van der Waals surface area (Å²) in [6, 6.07) is 0. The van der Waals surface area contributed by atoms with Gasteiger partial charge in [0.1, 0.15) is 54.9 Å². The van der Waals surface area contributed by atoms with Crippen LogP contribution in [0.4, 0.5) is 0 Å². The maximum Gasteiger partial charge on any atom is 0.306 e. The Bertz CT molecular complexity index is 1300. The van der Waals surface area contributed by atoms with Gasteiger partial charge in [-0.2, -0.15) is 0 Å². The zero-order valence-electron chi connectivity index (χ0n) is 46.1. The van der Waals surface area contributed by atoms with Crippen LogP contribution in [0.5, 0.6) is 0 Å². The summed E-state index contributed by atoms with van der Waals surface area (Å²) in [6.07, 6.45) is 36.8. The molecule has 14 heteroatoms. The smallest absolute Gasteiger partial charge is 0.306 e. The average Bonchev–Trinajstić information content (AvgIpc) is 3.39. The van der Waals surface area contributed by atoms with Crippen molar-refractivity contribution in [1.29, 1.82) is 0 Å². The maximum atomic E-state index is 13.0. The Morgan fingerprint density at radius 1 is 0.452 bits per heavy atom. The molecule has 2 saturated heterocycles. The Kier molecular flexibility index (Phi) is 43.1. The van der Waals surface area contributed by atoms with Crippen LogP contribution in [0, 0.1) is 0 Å². The van der Waals surface area contributed by atoms with E-state index in [1.165, 1.54) is 154 Å². The zero-order valence-corrected chi connectivity index (χ0v) is 46.1. The highest BCUT2D eigenvalue weighted by molar-refractivity contribution is 5.69. The fraction of sp³-hybridized carbons (Fsp3) is 0.915. The van der Waals surface area contributed by atoms with Gasteiger partial charge in [-0.05, 0) is 38.5 Å². The van der Waals surface area contributed by atoms with Crippen LogP contribution in [0.2, 0.25) is 0 Å². The molecule has 0 bridgehead atoms. The fourth-order valence-electron chi connectivity index (χ4n) is 9.60. The van der Waals surface area contributed by atoms with Gasteiger partial charge in [0.25, 0.3) is 0 Å². The number of aliphatic hydroxyl groups excluding tert-OH is 7. The molecule has 0 aromatic rings. The third-order valence-corrected chi connectivity index (χ3v) is 14.5. The van der Waals surface area contributed by atoms with Crippen LogP contribution in [0.1, 0.15) is 245 Å². The van der Waals surface area contributed by atoms with Crippen molar-refractivity contribution in [3.8, 4) is 0 Å². The normalized spacial score (nSPS) is 25.1. The Morgan fingerprint density at radius 2 is 0.863 bits per heavy atom. The predicted molar refractivity (Wildman–Crippen MR) is 289 cm³/mol. The molecule has 2 aliphatic rings. The standard InChI is InChI=1S/C59H110O14/c1-3-5-7-9-11-13-15-17-19-20-21-22-23-24-25-26-27-28-29-31-33-35-37-39-41-43-68-45-48(71-51(61)42-40-38-36-34-32-30-18-16-14-12-10-8-6-4-2)46-69-58-57(67)55(65)53(63)50(73-58)47-70-59-56(66)54(64)52(62)49(44-60)72-59/h10,12,16,18,48-50,52-60,62-67H,3-9,11,13-15,17,19-47H2,1-2H3/b12-10-,18-16-. The summed E-state index contributed by atoms with van der Waals surface area (Å²) in [7, 11) is 0. The molecular formula is C59H110O14. The Morgan fingerprint density at radius 3 is 1.36 bits per heavy atom. The number of hydrogen-bond acceptors (Lipinski definition) is 14. The minimum Gasteiger partial charge on any atom is -0.457 e. The van der Waals surface area contributed by atoms with Crippen molar-refractivity contribution in [1.82, 2.24) is 0 Å². The predicted octanol–water partition coefficient (Wildman–Crippen LogP) is 10.8. The monoisotopic (exact) mass is 1040 g/mol. The first-order valence-corrected chi connectivity index (χ1v) is 29.9. The van der Waals surface area contributed by atoms with Crippen molar-refractivity contribution >= 4 is 5.97 Å². The zero-order chi connectivity index (χ0) is 53.0. The van der Waals surface area contributed by atoms with Crippen LogP contribution in [0.3, 0.4) is 0 Å². The first-order chi connectivity index (χ1) is 35.6. The van der Waals surface area contributed by atoms with E-state index >= 15 is 0 Å².